The molecule has 26 heavy (non-hydrogen) atoms. The van der Waals surface area contributed by atoms with E-state index in [2.05, 4.69) is 20.8 Å². The quantitative estimate of drug-likeness (QED) is 0.783. The van der Waals surface area contributed by atoms with Crippen LogP contribution in [-0.2, 0) is 0 Å². The second-order valence-corrected chi connectivity index (χ2v) is 7.30. The Balaban J connectivity index is 1.29. The van der Waals surface area contributed by atoms with Crippen LogP contribution in [0.25, 0.3) is 11.3 Å². The first-order valence-electron chi connectivity index (χ1n) is 9.27. The predicted molar refractivity (Wildman–Crippen MR) is 95.4 cm³/mol. The molecule has 1 amide bonds. The van der Waals surface area contributed by atoms with E-state index in [4.69, 9.17) is 9.47 Å². The number of aromatic nitrogens is 2. The van der Waals surface area contributed by atoms with Crippen molar-refractivity contribution in [1.29, 1.82) is 0 Å². The summed E-state index contributed by atoms with van der Waals surface area (Å²) in [4.78, 5) is 12.6. The molecule has 2 unspecified atom stereocenters. The topological polar surface area (TPSA) is 88.3 Å². The molecule has 2 bridgehead atoms. The zero-order valence-electron chi connectivity index (χ0n) is 14.5. The molecule has 136 valence electrons. The number of nitrogens with zero attached hydrogens (tertiary/aromatic N) is 1. The molecule has 1 aromatic carbocycles. The first kappa shape index (κ1) is 15.7. The van der Waals surface area contributed by atoms with Crippen LogP contribution in [0.4, 0.5) is 0 Å². The maximum Gasteiger partial charge on any atom is 0.269 e. The number of fused-ring (bicyclic) bond motifs is 3. The fourth-order valence-electron chi connectivity index (χ4n) is 4.23. The number of carbonyl (C=O) groups excluding carboxylic acids is 1. The Hall–Kier alpha value is -2.54. The highest BCUT2D eigenvalue weighted by molar-refractivity contribution is 5.93. The van der Waals surface area contributed by atoms with Crippen molar-refractivity contribution in [1.82, 2.24) is 20.8 Å². The fraction of sp³-hybridized carbons (Fsp3) is 0.474. The van der Waals surface area contributed by atoms with Crippen molar-refractivity contribution in [2.45, 2.75) is 43.8 Å². The van der Waals surface area contributed by atoms with Crippen LogP contribution in [0.1, 0.15) is 36.2 Å². The first-order chi connectivity index (χ1) is 12.7. The number of carbonyl (C=O) groups is 1. The average molecular weight is 354 g/mol. The molecule has 0 spiro atoms. The molecule has 2 atom stereocenters. The van der Waals surface area contributed by atoms with E-state index in [0.717, 1.165) is 29.8 Å². The number of hydrogen-bond acceptors (Lipinski definition) is 5. The summed E-state index contributed by atoms with van der Waals surface area (Å²) >= 11 is 0. The van der Waals surface area contributed by atoms with E-state index in [0.29, 0.717) is 36.7 Å². The molecule has 2 aromatic rings. The second kappa shape index (κ2) is 6.32. The van der Waals surface area contributed by atoms with Gasteiger partial charge >= 0.3 is 0 Å². The highest BCUT2D eigenvalue weighted by atomic mass is 16.6. The molecule has 4 heterocycles. The zero-order valence-corrected chi connectivity index (χ0v) is 14.5. The van der Waals surface area contributed by atoms with Gasteiger partial charge in [-0.15, -0.1) is 0 Å². The molecule has 1 aromatic heterocycles. The normalized spacial score (nSPS) is 26.5. The van der Waals surface area contributed by atoms with Gasteiger partial charge in [-0.25, -0.2) is 0 Å². The van der Waals surface area contributed by atoms with Crippen molar-refractivity contribution in [2.75, 3.05) is 13.2 Å². The smallest absolute Gasteiger partial charge is 0.269 e. The largest absolute Gasteiger partial charge is 0.486 e. The van der Waals surface area contributed by atoms with E-state index in [1.165, 1.54) is 12.8 Å². The number of hydrogen-bond donors (Lipinski definition) is 3. The summed E-state index contributed by atoms with van der Waals surface area (Å²) in [6, 6.07) is 8.83. The van der Waals surface area contributed by atoms with E-state index >= 15 is 0 Å². The SMILES string of the molecule is O=C(NC1CC2CCC(C1)N2)c1cc(-c2ccc3c(c2)OCCO3)n[nH]1. The summed E-state index contributed by atoms with van der Waals surface area (Å²) in [5, 5.41) is 13.9. The summed E-state index contributed by atoms with van der Waals surface area (Å²) in [5.41, 5.74) is 2.10. The Morgan fingerprint density at radius 3 is 2.65 bits per heavy atom. The molecule has 0 radical (unpaired) electrons. The summed E-state index contributed by atoms with van der Waals surface area (Å²) < 4.78 is 11.2. The number of benzene rings is 1. The van der Waals surface area contributed by atoms with Crippen LogP contribution in [-0.4, -0.2) is 47.4 Å². The highest BCUT2D eigenvalue weighted by Crippen LogP contribution is 2.34. The number of H-pyrrole nitrogens is 1. The van der Waals surface area contributed by atoms with Gasteiger partial charge in [0.2, 0.25) is 0 Å². The number of amides is 1. The predicted octanol–water partition coefficient (Wildman–Crippen LogP) is 1.86. The first-order valence-corrected chi connectivity index (χ1v) is 9.27. The molecule has 3 aliphatic rings. The van der Waals surface area contributed by atoms with Crippen LogP contribution < -0.4 is 20.1 Å². The third-order valence-electron chi connectivity index (χ3n) is 5.47. The maximum absolute atomic E-state index is 12.6. The molecular formula is C19H22N4O3. The Labute approximate surface area is 151 Å². The Morgan fingerprint density at radius 1 is 1.08 bits per heavy atom. The molecule has 2 fully saturated rings. The van der Waals surface area contributed by atoms with Crippen LogP contribution in [0, 0.1) is 0 Å². The van der Waals surface area contributed by atoms with Gasteiger partial charge in [0.15, 0.2) is 11.5 Å². The standard InChI is InChI=1S/C19H22N4O3/c24-19(21-14-8-12-2-3-13(9-14)20-12)16-10-15(22-23-16)11-1-4-17-18(7-11)26-6-5-25-17/h1,4,7,10,12-14,20H,2-3,5-6,8-9H2,(H,21,24)(H,22,23). The number of ether oxygens (including phenoxy) is 2. The number of piperidine rings is 1. The van der Waals surface area contributed by atoms with Gasteiger partial charge in [-0.3, -0.25) is 9.89 Å². The summed E-state index contributed by atoms with van der Waals surface area (Å²) in [7, 11) is 0. The molecule has 3 aliphatic heterocycles. The lowest BCUT2D eigenvalue weighted by Crippen LogP contribution is -2.48. The van der Waals surface area contributed by atoms with E-state index < -0.39 is 0 Å². The minimum absolute atomic E-state index is 0.0902. The summed E-state index contributed by atoms with van der Waals surface area (Å²) in [6.07, 6.45) is 4.45. The minimum atomic E-state index is -0.0902. The van der Waals surface area contributed by atoms with Crippen LogP contribution in [0.2, 0.25) is 0 Å². The van der Waals surface area contributed by atoms with E-state index in [1.807, 2.05) is 18.2 Å². The van der Waals surface area contributed by atoms with Crippen molar-refractivity contribution >= 4 is 5.91 Å². The van der Waals surface area contributed by atoms with Crippen molar-refractivity contribution in [3.05, 3.63) is 30.0 Å². The summed E-state index contributed by atoms with van der Waals surface area (Å²) in [6.45, 7) is 1.11. The Kier molecular flexibility index (Phi) is 3.81. The number of aromatic amines is 1. The molecular weight excluding hydrogens is 332 g/mol. The van der Waals surface area contributed by atoms with Crippen molar-refractivity contribution in [3.63, 3.8) is 0 Å². The molecule has 0 saturated carbocycles. The van der Waals surface area contributed by atoms with Gasteiger partial charge in [0.1, 0.15) is 18.9 Å². The van der Waals surface area contributed by atoms with Gasteiger partial charge in [-0.1, -0.05) is 0 Å². The molecule has 2 saturated heterocycles. The van der Waals surface area contributed by atoms with Crippen LogP contribution >= 0.6 is 0 Å². The molecule has 3 N–H and O–H groups in total. The minimum Gasteiger partial charge on any atom is -0.486 e. The highest BCUT2D eigenvalue weighted by Gasteiger charge is 2.34. The van der Waals surface area contributed by atoms with Gasteiger partial charge in [0, 0.05) is 23.7 Å². The summed E-state index contributed by atoms with van der Waals surface area (Å²) in [5.74, 6) is 1.37. The third-order valence-corrected chi connectivity index (χ3v) is 5.47. The lowest BCUT2D eigenvalue weighted by atomic mass is 10.00. The molecule has 5 rings (SSSR count). The van der Waals surface area contributed by atoms with Crippen molar-refractivity contribution < 1.29 is 14.3 Å². The van der Waals surface area contributed by atoms with Crippen molar-refractivity contribution in [2.24, 2.45) is 0 Å². The fourth-order valence-corrected chi connectivity index (χ4v) is 4.23. The zero-order chi connectivity index (χ0) is 17.5. The van der Waals surface area contributed by atoms with Gasteiger partial charge in [-0.05, 0) is 49.9 Å². The van der Waals surface area contributed by atoms with Crippen LogP contribution in [0.15, 0.2) is 24.3 Å². The Bertz CT molecular complexity index is 822. The Morgan fingerprint density at radius 2 is 1.85 bits per heavy atom. The molecule has 0 aliphatic carbocycles. The van der Waals surface area contributed by atoms with Crippen molar-refractivity contribution in [3.8, 4) is 22.8 Å². The lowest BCUT2D eigenvalue weighted by Gasteiger charge is -2.29. The van der Waals surface area contributed by atoms with E-state index in [1.54, 1.807) is 6.07 Å². The maximum atomic E-state index is 12.6. The second-order valence-electron chi connectivity index (χ2n) is 7.30. The number of rotatable bonds is 3. The molecule has 7 heteroatoms. The lowest BCUT2D eigenvalue weighted by molar-refractivity contribution is 0.0919. The van der Waals surface area contributed by atoms with Gasteiger partial charge in [0.25, 0.3) is 5.91 Å². The van der Waals surface area contributed by atoms with Crippen LogP contribution in [0.3, 0.4) is 0 Å². The van der Waals surface area contributed by atoms with Gasteiger partial charge < -0.3 is 20.1 Å². The third kappa shape index (κ3) is 2.92. The van der Waals surface area contributed by atoms with Crippen LogP contribution in [0.5, 0.6) is 11.5 Å². The monoisotopic (exact) mass is 354 g/mol. The van der Waals surface area contributed by atoms with E-state index in [9.17, 15) is 4.79 Å². The van der Waals surface area contributed by atoms with Gasteiger partial charge in [0.05, 0.1) is 5.69 Å². The van der Waals surface area contributed by atoms with E-state index in [-0.39, 0.29) is 11.9 Å². The molecule has 7 nitrogen and oxygen atoms in total. The average Bonchev–Trinajstić information content (AvgIpc) is 3.28. The number of nitrogens with one attached hydrogen (secondary N) is 3. The van der Waals surface area contributed by atoms with Gasteiger partial charge in [-0.2, -0.15) is 5.10 Å².